The van der Waals surface area contributed by atoms with E-state index in [1.54, 1.807) is 18.2 Å². The zero-order valence-corrected chi connectivity index (χ0v) is 18.4. The zero-order valence-electron chi connectivity index (χ0n) is 18.4. The molecular weight excluding hydrogens is 388 g/mol. The highest BCUT2D eigenvalue weighted by molar-refractivity contribution is 5.95. The quantitative estimate of drug-likeness (QED) is 0.627. The third-order valence-corrected chi connectivity index (χ3v) is 5.02. The van der Waals surface area contributed by atoms with E-state index in [2.05, 4.69) is 10.6 Å². The molecule has 8 heteroatoms. The van der Waals surface area contributed by atoms with Gasteiger partial charge in [0.2, 0.25) is 5.91 Å². The Labute approximate surface area is 177 Å². The second-order valence-corrected chi connectivity index (χ2v) is 8.65. The summed E-state index contributed by atoms with van der Waals surface area (Å²) in [5.41, 5.74) is -0.801. The van der Waals surface area contributed by atoms with Crippen molar-refractivity contribution in [2.45, 2.75) is 58.4 Å². The number of carbonyl (C=O) groups is 3. The maximum Gasteiger partial charge on any atom is 0.313 e. The molecule has 0 aromatic heterocycles. The van der Waals surface area contributed by atoms with E-state index in [1.807, 2.05) is 20.8 Å². The molecule has 2 rings (SSSR count). The van der Waals surface area contributed by atoms with Gasteiger partial charge in [-0.2, -0.15) is 0 Å². The van der Waals surface area contributed by atoms with Crippen LogP contribution in [0, 0.1) is 5.41 Å². The first-order chi connectivity index (χ1) is 14.1. The average Bonchev–Trinajstić information content (AvgIpc) is 3.14. The summed E-state index contributed by atoms with van der Waals surface area (Å²) in [6.45, 7) is 5.24. The van der Waals surface area contributed by atoms with Crippen molar-refractivity contribution in [2.75, 3.05) is 26.1 Å². The van der Waals surface area contributed by atoms with Gasteiger partial charge in [-0.15, -0.1) is 0 Å². The van der Waals surface area contributed by atoms with Gasteiger partial charge in [-0.3, -0.25) is 14.4 Å². The van der Waals surface area contributed by atoms with Crippen molar-refractivity contribution >= 4 is 23.5 Å². The Kier molecular flexibility index (Phi) is 7.70. The van der Waals surface area contributed by atoms with Gasteiger partial charge < -0.3 is 24.8 Å². The minimum absolute atomic E-state index is 0.0665. The fraction of sp³-hybridized carbons (Fsp3) is 0.591. The number of nitrogens with one attached hydrogen (secondary N) is 2. The van der Waals surface area contributed by atoms with Crippen molar-refractivity contribution in [3.63, 3.8) is 0 Å². The van der Waals surface area contributed by atoms with Crippen LogP contribution in [0.1, 0.15) is 52.9 Å². The minimum Gasteiger partial charge on any atom is -0.497 e. The first-order valence-electron chi connectivity index (χ1n) is 10.1. The molecule has 2 N–H and O–H groups in total. The van der Waals surface area contributed by atoms with Gasteiger partial charge in [0.15, 0.2) is 6.61 Å². The fourth-order valence-corrected chi connectivity index (χ4v) is 3.65. The number of ether oxygens (including phenoxy) is 3. The van der Waals surface area contributed by atoms with Crippen LogP contribution in [0.15, 0.2) is 18.2 Å². The van der Waals surface area contributed by atoms with Crippen LogP contribution in [0.3, 0.4) is 0 Å². The van der Waals surface area contributed by atoms with Crippen LogP contribution in [0.25, 0.3) is 0 Å². The normalized spacial score (nSPS) is 15.2. The summed E-state index contributed by atoms with van der Waals surface area (Å²) < 4.78 is 15.7. The number of esters is 1. The molecule has 166 valence electrons. The van der Waals surface area contributed by atoms with E-state index in [-0.39, 0.29) is 17.9 Å². The topological polar surface area (TPSA) is 103 Å². The van der Waals surface area contributed by atoms with E-state index < -0.39 is 23.9 Å². The van der Waals surface area contributed by atoms with E-state index in [1.165, 1.54) is 14.2 Å². The van der Waals surface area contributed by atoms with Crippen molar-refractivity contribution < 1.29 is 28.6 Å². The molecule has 8 nitrogen and oxygen atoms in total. The van der Waals surface area contributed by atoms with Crippen molar-refractivity contribution in [2.24, 2.45) is 5.41 Å². The highest BCUT2D eigenvalue weighted by atomic mass is 16.5. The molecule has 30 heavy (non-hydrogen) atoms. The van der Waals surface area contributed by atoms with Crippen LogP contribution in [0.5, 0.6) is 11.5 Å². The zero-order chi connectivity index (χ0) is 22.4. The molecule has 1 aromatic carbocycles. The number of hydrogen-bond acceptors (Lipinski definition) is 6. The standard InChI is InChI=1S/C22H32N2O6/c1-21(2,3)24-18(25)13-22(10-6-7-11-22)20(27)30-14-19(26)23-16-9-8-15(28-4)12-17(16)29-5/h8-9,12H,6-7,10-11,13-14H2,1-5H3,(H,23,26)(H,24,25). The lowest BCUT2D eigenvalue weighted by Gasteiger charge is -2.28. The van der Waals surface area contributed by atoms with Gasteiger partial charge in [-0.05, 0) is 45.7 Å². The van der Waals surface area contributed by atoms with Crippen molar-refractivity contribution in [1.29, 1.82) is 0 Å². The minimum atomic E-state index is -0.868. The fourth-order valence-electron chi connectivity index (χ4n) is 3.65. The van der Waals surface area contributed by atoms with Crippen LogP contribution in [0.2, 0.25) is 0 Å². The summed E-state index contributed by atoms with van der Waals surface area (Å²) in [6, 6.07) is 4.97. The van der Waals surface area contributed by atoms with Gasteiger partial charge in [0.1, 0.15) is 11.5 Å². The lowest BCUT2D eigenvalue weighted by molar-refractivity contribution is -0.160. The van der Waals surface area contributed by atoms with Crippen molar-refractivity contribution in [1.82, 2.24) is 5.32 Å². The predicted octanol–water partition coefficient (Wildman–Crippen LogP) is 3.05. The average molecular weight is 421 g/mol. The molecule has 1 aliphatic carbocycles. The third kappa shape index (κ3) is 6.37. The largest absolute Gasteiger partial charge is 0.497 e. The molecule has 2 amide bonds. The smallest absolute Gasteiger partial charge is 0.313 e. The second kappa shape index (κ2) is 9.82. The number of carbonyl (C=O) groups excluding carboxylic acids is 3. The highest BCUT2D eigenvalue weighted by Crippen LogP contribution is 2.42. The Morgan fingerprint density at radius 3 is 2.27 bits per heavy atom. The maximum atomic E-state index is 12.8. The molecular formula is C22H32N2O6. The summed E-state index contributed by atoms with van der Waals surface area (Å²) in [7, 11) is 3.02. The Bertz CT molecular complexity index is 778. The molecule has 0 unspecified atom stereocenters. The number of rotatable bonds is 8. The van der Waals surface area contributed by atoms with E-state index in [0.29, 0.717) is 30.0 Å². The first-order valence-corrected chi connectivity index (χ1v) is 10.1. The highest BCUT2D eigenvalue weighted by Gasteiger charge is 2.44. The van der Waals surface area contributed by atoms with Gasteiger partial charge in [0.25, 0.3) is 5.91 Å². The Morgan fingerprint density at radius 1 is 1.03 bits per heavy atom. The maximum absolute atomic E-state index is 12.8. The van der Waals surface area contributed by atoms with Crippen molar-refractivity contribution in [3.8, 4) is 11.5 Å². The molecule has 0 bridgehead atoms. The Morgan fingerprint density at radius 2 is 1.70 bits per heavy atom. The van der Waals surface area contributed by atoms with Gasteiger partial charge in [-0.1, -0.05) is 12.8 Å². The monoisotopic (exact) mass is 420 g/mol. The Balaban J connectivity index is 1.97. The number of amides is 2. The van der Waals surface area contributed by atoms with E-state index in [4.69, 9.17) is 14.2 Å². The molecule has 0 radical (unpaired) electrons. The summed E-state index contributed by atoms with van der Waals surface area (Å²) in [6.07, 6.45) is 2.94. The molecule has 0 atom stereocenters. The Hall–Kier alpha value is -2.77. The number of methoxy groups -OCH3 is 2. The second-order valence-electron chi connectivity index (χ2n) is 8.65. The van der Waals surface area contributed by atoms with Gasteiger partial charge in [-0.25, -0.2) is 0 Å². The van der Waals surface area contributed by atoms with E-state index in [9.17, 15) is 14.4 Å². The first kappa shape index (κ1) is 23.5. The van der Waals surface area contributed by atoms with Crippen LogP contribution < -0.4 is 20.1 Å². The third-order valence-electron chi connectivity index (χ3n) is 5.02. The van der Waals surface area contributed by atoms with Crippen LogP contribution >= 0.6 is 0 Å². The molecule has 1 saturated carbocycles. The van der Waals surface area contributed by atoms with Crippen LogP contribution in [-0.4, -0.2) is 44.1 Å². The summed E-state index contributed by atoms with van der Waals surface area (Å²) in [5, 5.41) is 5.56. The van der Waals surface area contributed by atoms with Gasteiger partial charge in [0, 0.05) is 18.0 Å². The van der Waals surface area contributed by atoms with Crippen molar-refractivity contribution in [3.05, 3.63) is 18.2 Å². The number of anilines is 1. The van der Waals surface area contributed by atoms with Crippen LogP contribution in [0.4, 0.5) is 5.69 Å². The molecule has 0 saturated heterocycles. The number of hydrogen-bond donors (Lipinski definition) is 2. The molecule has 0 heterocycles. The number of benzene rings is 1. The summed E-state index contributed by atoms with van der Waals surface area (Å²) >= 11 is 0. The van der Waals surface area contributed by atoms with E-state index in [0.717, 1.165) is 12.8 Å². The molecule has 1 fully saturated rings. The molecule has 1 aliphatic rings. The molecule has 0 aliphatic heterocycles. The van der Waals surface area contributed by atoms with E-state index >= 15 is 0 Å². The van der Waals surface area contributed by atoms with Gasteiger partial charge in [0.05, 0.1) is 25.3 Å². The lowest BCUT2D eigenvalue weighted by Crippen LogP contribution is -2.44. The predicted molar refractivity (Wildman–Crippen MR) is 113 cm³/mol. The van der Waals surface area contributed by atoms with Crippen LogP contribution in [-0.2, 0) is 19.1 Å². The molecule has 1 aromatic rings. The summed E-state index contributed by atoms with van der Waals surface area (Å²) in [4.78, 5) is 37.5. The lowest BCUT2D eigenvalue weighted by atomic mass is 9.82. The van der Waals surface area contributed by atoms with Gasteiger partial charge >= 0.3 is 5.97 Å². The summed E-state index contributed by atoms with van der Waals surface area (Å²) in [5.74, 6) is -0.151. The SMILES string of the molecule is COc1ccc(NC(=O)COC(=O)C2(CC(=O)NC(C)(C)C)CCCC2)c(OC)c1. The molecule has 0 spiro atoms.